The third-order valence-electron chi connectivity index (χ3n) is 24.9. The number of carbonyl (C=O) groups is 1. The Labute approximate surface area is 785 Å². The molecule has 6 fully saturated rings. The minimum Gasteiger partial charge on any atom is -0.454 e. The molecule has 0 radical (unpaired) electrons. The highest BCUT2D eigenvalue weighted by Crippen LogP contribution is 2.43. The van der Waals surface area contributed by atoms with Gasteiger partial charge < -0.3 is 138 Å². The first-order valence-electron chi connectivity index (χ1n) is 52.2. The number of esters is 1. The number of ether oxygens (including phenoxy) is 27. The molecule has 30 atom stereocenters. The second-order valence-electron chi connectivity index (χ2n) is 36.3. The summed E-state index contributed by atoms with van der Waals surface area (Å²) in [4.78, 5) is 13.7. The lowest BCUT2D eigenvalue weighted by Crippen LogP contribution is -2.69. The second-order valence-corrected chi connectivity index (χ2v) is 36.3. The molecule has 6 aliphatic heterocycles. The average Bonchev–Trinajstić information content (AvgIpc) is 0.761. The molecule has 6 saturated heterocycles. The van der Waals surface area contributed by atoms with E-state index in [4.69, 9.17) is 128 Å². The molecule has 0 aromatic carbocycles. The lowest BCUT2D eigenvalue weighted by Gasteiger charge is -2.53. The lowest BCUT2D eigenvalue weighted by atomic mass is 9.90. The zero-order valence-electron chi connectivity index (χ0n) is 84.2. The molecular weight excluding hydrogens is 1680 g/mol. The first-order chi connectivity index (χ1) is 63.5. The molecule has 6 aliphatic rings. The summed E-state index contributed by atoms with van der Waals surface area (Å²) in [5.74, 6) is -1.62. The van der Waals surface area contributed by atoms with E-state index in [1.807, 2.05) is 6.92 Å². The topological polar surface area (TPSA) is 307 Å². The van der Waals surface area contributed by atoms with Crippen LogP contribution in [-0.4, -0.2) is 327 Å². The minimum atomic E-state index is -1.63. The van der Waals surface area contributed by atoms with Gasteiger partial charge in [-0.2, -0.15) is 0 Å². The summed E-state index contributed by atoms with van der Waals surface area (Å²) in [6.07, 6.45) is -4.69. The van der Waals surface area contributed by atoms with Gasteiger partial charge in [-0.1, -0.05) is 214 Å². The summed E-state index contributed by atoms with van der Waals surface area (Å²) in [6, 6.07) is 0. The number of hydrogen-bond donors (Lipinski definition) is 2. The van der Waals surface area contributed by atoms with E-state index < -0.39 is 191 Å². The molecule has 0 aliphatic carbocycles. The van der Waals surface area contributed by atoms with E-state index in [1.54, 1.807) is 0 Å². The van der Waals surface area contributed by atoms with Gasteiger partial charge in [0.1, 0.15) is 116 Å². The van der Waals surface area contributed by atoms with Crippen molar-refractivity contribution in [1.29, 1.82) is 0 Å². The molecule has 0 saturated carbocycles. The molecule has 0 aromatic heterocycles. The molecular formula is C100H188O30. The Morgan fingerprint density at radius 2 is 0.462 bits per heavy atom. The fourth-order valence-corrected chi connectivity index (χ4v) is 16.7. The molecule has 768 valence electrons. The molecule has 30 nitrogen and oxygen atoms in total. The fraction of sp³-hybridized carbons (Fsp3) is 0.990. The number of aliphatic hydroxyl groups is 2. The molecule has 0 bridgehead atoms. The van der Waals surface area contributed by atoms with E-state index in [0.717, 1.165) is 173 Å². The summed E-state index contributed by atoms with van der Waals surface area (Å²) in [5.41, 5.74) is 0. The zero-order valence-corrected chi connectivity index (χ0v) is 84.2. The van der Waals surface area contributed by atoms with E-state index in [-0.39, 0.29) is 52.2 Å². The van der Waals surface area contributed by atoms with Gasteiger partial charge in [0.05, 0.1) is 51.8 Å². The Hall–Kier alpha value is -1.65. The van der Waals surface area contributed by atoms with Crippen molar-refractivity contribution < 1.29 is 143 Å². The predicted molar refractivity (Wildman–Crippen MR) is 495 cm³/mol. The number of carbonyl (C=O) groups excluding carboxylic acids is 1. The number of unbranched alkanes of at least 4 members (excludes halogenated alkanes) is 15. The fourth-order valence-electron chi connectivity index (χ4n) is 16.7. The van der Waals surface area contributed by atoms with E-state index >= 15 is 0 Å². The molecule has 0 amide bonds. The zero-order chi connectivity index (χ0) is 94.1. The van der Waals surface area contributed by atoms with E-state index in [0.29, 0.717) is 105 Å². The predicted octanol–water partition coefficient (Wildman–Crippen LogP) is 16.4. The average molecular weight is 1870 g/mol. The second kappa shape index (κ2) is 70.9. The molecule has 6 rings (SSSR count). The quantitative estimate of drug-likeness (QED) is 0.0422. The minimum absolute atomic E-state index is 0.00959. The highest BCUT2D eigenvalue weighted by Gasteiger charge is 2.60. The number of rotatable bonds is 77. The normalized spacial score (nSPS) is 33.3. The van der Waals surface area contributed by atoms with Crippen molar-refractivity contribution in [3.05, 3.63) is 0 Å². The van der Waals surface area contributed by atoms with Crippen LogP contribution < -0.4 is 0 Å². The van der Waals surface area contributed by atoms with Crippen molar-refractivity contribution in [2.75, 3.05) is 139 Å². The maximum Gasteiger partial charge on any atom is 0.303 e. The molecule has 6 heterocycles. The first-order valence-corrected chi connectivity index (χ1v) is 52.2. The maximum absolute atomic E-state index is 14.0. The van der Waals surface area contributed by atoms with Crippen LogP contribution in [-0.2, 0) is 133 Å². The molecule has 2 N–H and O–H groups in total. The maximum atomic E-state index is 14.0. The number of hydrogen-bond acceptors (Lipinski definition) is 30. The van der Waals surface area contributed by atoms with Crippen molar-refractivity contribution in [3.8, 4) is 0 Å². The van der Waals surface area contributed by atoms with Gasteiger partial charge in [0, 0.05) is 118 Å². The van der Waals surface area contributed by atoms with E-state index in [2.05, 4.69) is 111 Å². The van der Waals surface area contributed by atoms with Crippen molar-refractivity contribution in [2.45, 2.75) is 489 Å². The molecule has 130 heavy (non-hydrogen) atoms. The van der Waals surface area contributed by atoms with Crippen LogP contribution in [0.25, 0.3) is 0 Å². The molecule has 13 unspecified atom stereocenters. The van der Waals surface area contributed by atoms with Crippen LogP contribution in [0.15, 0.2) is 0 Å². The highest BCUT2D eigenvalue weighted by atomic mass is 16.8. The molecule has 30 heteroatoms. The Morgan fingerprint density at radius 1 is 0.215 bits per heavy atom. The standard InChI is InChI=1S/C100H188O30/c1-19-34-49-104-64-74-83(111-56-41-26-8)88(114-59-44-29-11)80(103)97(124-74)119-69-73-79(102)89(92(117-62-47-32-14)98(121-73)127-86-77(67-107-52-37-22-4)122-95(118-63-48-33-15)70(16)81(86)109-54-39-24-6)129-100-94(91(116-61-46-31-13)85(113-58-43-28-10)76(126-100)66-106-51-36-21-3)130-96-71(17)82(110-55-40-25-7)87(78(123-96)68-108-53-38-23-5)128-99-93(120-72(18)101)90(115-60-45-30-12)84(112-57-42-27-9)75(125-99)65-105-50-35-20-2/h70-71,73-100,102-103H,19-69H2,1-18H3/t70?,71-,73?,74?,75?,76?,77?,78?,79+,80+,81?,82?,83+,84-,85-,86+,87+,88?,89?,90?,91?,92+,93-,94-,95+,96-,97-,98-,99-,100-/m0/s1. The van der Waals surface area contributed by atoms with Crippen LogP contribution in [0.4, 0.5) is 0 Å². The smallest absolute Gasteiger partial charge is 0.303 e. The number of aliphatic hydroxyl groups excluding tert-OH is 2. The summed E-state index contributed by atoms with van der Waals surface area (Å²) < 4.78 is 190. The molecule has 0 aromatic rings. The van der Waals surface area contributed by atoms with Gasteiger partial charge in [-0.15, -0.1) is 0 Å². The summed E-state index contributed by atoms with van der Waals surface area (Å²) in [7, 11) is 0. The van der Waals surface area contributed by atoms with Crippen molar-refractivity contribution in [2.24, 2.45) is 11.8 Å². The van der Waals surface area contributed by atoms with E-state index in [9.17, 15) is 15.0 Å². The van der Waals surface area contributed by atoms with Crippen LogP contribution >= 0.6 is 0 Å². The van der Waals surface area contributed by atoms with Crippen LogP contribution in [0.1, 0.15) is 317 Å². The summed E-state index contributed by atoms with van der Waals surface area (Å²) in [6.45, 7) is 43.1. The highest BCUT2D eigenvalue weighted by molar-refractivity contribution is 5.66. The molecule has 0 spiro atoms. The SMILES string of the molecule is CCCCOCC1O[C@@H](OCCCC)C(C)C(OCCCC)[C@@H]1O[C@@H]1OC(CO[C@H]2OC(COCCCC)[C@@H](OCCCC)C(OCCCC)[C@H]2O)[C@@H](O)C(O[C@@H]2OC(COCCCC)[C@H](OCCCC)C(OCCCC)[C@@H]2O[C@@H]2OC(COCCCC)[C@@H](O[C@@H]3OC(COCCCC)[C@H](OCCCC)C(OCCCC)[C@@H]3OC(C)=O)C(OCCCC)[C@@H]2C)[C@H]1OCCCC. The summed E-state index contributed by atoms with van der Waals surface area (Å²) in [5, 5.41) is 26.8. The van der Waals surface area contributed by atoms with E-state index in [1.165, 1.54) is 6.92 Å². The van der Waals surface area contributed by atoms with Crippen LogP contribution in [0.2, 0.25) is 0 Å². The van der Waals surface area contributed by atoms with Crippen LogP contribution in [0, 0.1) is 11.8 Å². The third kappa shape index (κ3) is 39.8. The van der Waals surface area contributed by atoms with Crippen LogP contribution in [0.5, 0.6) is 0 Å². The Kier molecular flexibility index (Phi) is 63.8. The van der Waals surface area contributed by atoms with Gasteiger partial charge in [-0.05, 0) is 96.3 Å². The monoisotopic (exact) mass is 1870 g/mol. The van der Waals surface area contributed by atoms with Crippen molar-refractivity contribution in [1.82, 2.24) is 0 Å². The van der Waals surface area contributed by atoms with Gasteiger partial charge >= 0.3 is 5.97 Å². The Morgan fingerprint density at radius 3 is 0.831 bits per heavy atom. The third-order valence-corrected chi connectivity index (χ3v) is 24.9. The van der Waals surface area contributed by atoms with Gasteiger partial charge in [0.25, 0.3) is 0 Å². The van der Waals surface area contributed by atoms with Crippen LogP contribution in [0.3, 0.4) is 0 Å². The first kappa shape index (κ1) is 117. The van der Waals surface area contributed by atoms with Gasteiger partial charge in [-0.25, -0.2) is 0 Å². The lowest BCUT2D eigenvalue weighted by molar-refractivity contribution is -0.406. The largest absolute Gasteiger partial charge is 0.454 e. The Bertz CT molecular complexity index is 2690. The van der Waals surface area contributed by atoms with Crippen molar-refractivity contribution >= 4 is 5.97 Å². The van der Waals surface area contributed by atoms with Gasteiger partial charge in [-0.3, -0.25) is 4.79 Å². The van der Waals surface area contributed by atoms with Gasteiger partial charge in [0.2, 0.25) is 0 Å². The summed E-state index contributed by atoms with van der Waals surface area (Å²) >= 11 is 0. The van der Waals surface area contributed by atoms with Gasteiger partial charge in [0.15, 0.2) is 43.8 Å². The van der Waals surface area contributed by atoms with Crippen molar-refractivity contribution in [3.63, 3.8) is 0 Å². The Balaban J connectivity index is 1.63.